The molecule has 0 bridgehead atoms. The Morgan fingerprint density at radius 1 is 1.16 bits per heavy atom. The smallest absolute Gasteiger partial charge is 0.350 e. The number of aromatic nitrogens is 1. The van der Waals surface area contributed by atoms with Crippen molar-refractivity contribution in [2.45, 2.75) is 6.92 Å². The Kier molecular flexibility index (Phi) is 5.58. The van der Waals surface area contributed by atoms with E-state index in [4.69, 9.17) is 27.9 Å². The number of rotatable bonds is 5. The van der Waals surface area contributed by atoms with Crippen molar-refractivity contribution in [2.24, 2.45) is 0 Å². The van der Waals surface area contributed by atoms with Crippen LogP contribution in [0.25, 0.3) is 11.3 Å². The minimum absolute atomic E-state index is 0.303. The van der Waals surface area contributed by atoms with Crippen molar-refractivity contribution in [3.05, 3.63) is 63.5 Å². The Morgan fingerprint density at radius 2 is 1.84 bits per heavy atom. The first-order chi connectivity index (χ1) is 12.1. The summed E-state index contributed by atoms with van der Waals surface area (Å²) in [5.41, 5.74) is 2.12. The molecule has 0 radical (unpaired) electrons. The number of ether oxygens (including phenoxy) is 1. The molecule has 0 unspecified atom stereocenters. The molecule has 3 aromatic rings. The van der Waals surface area contributed by atoms with Crippen molar-refractivity contribution < 1.29 is 9.53 Å². The van der Waals surface area contributed by atoms with E-state index in [0.717, 1.165) is 5.56 Å². The second-order valence-electron chi connectivity index (χ2n) is 5.07. The summed E-state index contributed by atoms with van der Waals surface area (Å²) in [5.74, 6) is -0.393. The van der Waals surface area contributed by atoms with E-state index in [-0.39, 0.29) is 0 Å². The summed E-state index contributed by atoms with van der Waals surface area (Å²) in [7, 11) is 0. The molecule has 0 saturated carbocycles. The molecule has 0 amide bonds. The molecule has 25 heavy (non-hydrogen) atoms. The maximum Gasteiger partial charge on any atom is 0.350 e. The van der Waals surface area contributed by atoms with E-state index in [2.05, 4.69) is 10.3 Å². The number of benzene rings is 2. The number of thiazole rings is 1. The van der Waals surface area contributed by atoms with Crippen LogP contribution < -0.4 is 5.32 Å². The van der Waals surface area contributed by atoms with Gasteiger partial charge in [0.2, 0.25) is 0 Å². The predicted molar refractivity (Wildman–Crippen MR) is 103 cm³/mol. The highest BCUT2D eigenvalue weighted by molar-refractivity contribution is 7.18. The zero-order chi connectivity index (χ0) is 17.8. The van der Waals surface area contributed by atoms with E-state index in [9.17, 15) is 4.79 Å². The van der Waals surface area contributed by atoms with Crippen LogP contribution in [-0.2, 0) is 4.74 Å². The average Bonchev–Trinajstić information content (AvgIpc) is 2.99. The highest BCUT2D eigenvalue weighted by Gasteiger charge is 2.20. The molecule has 7 heteroatoms. The van der Waals surface area contributed by atoms with Crippen LogP contribution >= 0.6 is 34.5 Å². The minimum Gasteiger partial charge on any atom is -0.462 e. The zero-order valence-corrected chi connectivity index (χ0v) is 15.6. The molecule has 1 heterocycles. The van der Waals surface area contributed by atoms with Gasteiger partial charge >= 0.3 is 5.97 Å². The van der Waals surface area contributed by atoms with E-state index in [1.807, 2.05) is 30.3 Å². The number of carbonyl (C=O) groups excluding carboxylic acids is 1. The fraction of sp³-hybridized carbons (Fsp3) is 0.111. The van der Waals surface area contributed by atoms with Crippen LogP contribution in [0.1, 0.15) is 16.6 Å². The number of halogens is 2. The quantitative estimate of drug-likeness (QED) is 0.537. The van der Waals surface area contributed by atoms with E-state index in [0.29, 0.717) is 38.0 Å². The maximum absolute atomic E-state index is 12.3. The third-order valence-corrected chi connectivity index (χ3v) is 4.64. The second-order valence-corrected chi connectivity index (χ2v) is 6.94. The van der Waals surface area contributed by atoms with Gasteiger partial charge in [0.1, 0.15) is 4.88 Å². The minimum atomic E-state index is -0.393. The van der Waals surface area contributed by atoms with E-state index in [1.54, 1.807) is 25.1 Å². The van der Waals surface area contributed by atoms with Crippen LogP contribution in [0, 0.1) is 0 Å². The summed E-state index contributed by atoms with van der Waals surface area (Å²) in [5, 5.41) is 4.73. The third-order valence-electron chi connectivity index (χ3n) is 3.25. The van der Waals surface area contributed by atoms with Crippen LogP contribution in [-0.4, -0.2) is 17.6 Å². The highest BCUT2D eigenvalue weighted by Crippen LogP contribution is 2.34. The van der Waals surface area contributed by atoms with Crippen LogP contribution in [0.2, 0.25) is 10.0 Å². The Morgan fingerprint density at radius 3 is 2.48 bits per heavy atom. The molecule has 2 aromatic carbocycles. The van der Waals surface area contributed by atoms with Gasteiger partial charge in [-0.2, -0.15) is 0 Å². The zero-order valence-electron chi connectivity index (χ0n) is 13.3. The van der Waals surface area contributed by atoms with Gasteiger partial charge in [0.25, 0.3) is 0 Å². The second kappa shape index (κ2) is 7.87. The van der Waals surface area contributed by atoms with Gasteiger partial charge in [-0.25, -0.2) is 9.78 Å². The largest absolute Gasteiger partial charge is 0.462 e. The predicted octanol–water partition coefficient (Wildman–Crippen LogP) is 6.04. The van der Waals surface area contributed by atoms with Crippen LogP contribution in [0.3, 0.4) is 0 Å². The molecule has 0 aliphatic carbocycles. The number of esters is 1. The highest BCUT2D eigenvalue weighted by atomic mass is 35.5. The molecule has 128 valence electrons. The standard InChI is InChI=1S/C18H14Cl2N2O2S/c1-2-24-17(23)16-15(11-6-4-3-5-7-11)22-18(25-16)21-14-9-12(19)8-13(20)10-14/h3-10H,2H2,1H3,(H,21,22). The lowest BCUT2D eigenvalue weighted by Gasteiger charge is -2.03. The Labute approximate surface area is 159 Å². The van der Waals surface area contributed by atoms with Gasteiger partial charge in [0, 0.05) is 21.3 Å². The van der Waals surface area contributed by atoms with Crippen molar-refractivity contribution in [3.8, 4) is 11.3 Å². The number of hydrogen-bond donors (Lipinski definition) is 1. The fourth-order valence-corrected chi connectivity index (χ4v) is 3.68. The topological polar surface area (TPSA) is 51.2 Å². The molecular weight excluding hydrogens is 379 g/mol. The van der Waals surface area contributed by atoms with Crippen molar-refractivity contribution in [3.63, 3.8) is 0 Å². The molecular formula is C18H14Cl2N2O2S. The van der Waals surface area contributed by atoms with Crippen molar-refractivity contribution in [1.82, 2.24) is 4.98 Å². The maximum atomic E-state index is 12.3. The van der Waals surface area contributed by atoms with E-state index >= 15 is 0 Å². The summed E-state index contributed by atoms with van der Waals surface area (Å²) in [6.45, 7) is 2.08. The molecule has 0 saturated heterocycles. The van der Waals surface area contributed by atoms with Crippen LogP contribution in [0.4, 0.5) is 10.8 Å². The number of nitrogens with zero attached hydrogens (tertiary/aromatic N) is 1. The average molecular weight is 393 g/mol. The molecule has 0 aliphatic heterocycles. The van der Waals surface area contributed by atoms with Gasteiger partial charge in [-0.05, 0) is 25.1 Å². The fourth-order valence-electron chi connectivity index (χ4n) is 2.25. The van der Waals surface area contributed by atoms with Crippen molar-refractivity contribution in [1.29, 1.82) is 0 Å². The molecule has 4 nitrogen and oxygen atoms in total. The SMILES string of the molecule is CCOC(=O)c1sc(Nc2cc(Cl)cc(Cl)c2)nc1-c1ccccc1. The summed E-state index contributed by atoms with van der Waals surface area (Å²) >= 11 is 13.3. The number of anilines is 2. The third kappa shape index (κ3) is 4.31. The lowest BCUT2D eigenvalue weighted by Crippen LogP contribution is -2.03. The van der Waals surface area contributed by atoms with Crippen molar-refractivity contribution >= 4 is 51.3 Å². The number of hydrogen-bond acceptors (Lipinski definition) is 5. The Hall–Kier alpha value is -2.08. The summed E-state index contributed by atoms with van der Waals surface area (Å²) in [4.78, 5) is 17.3. The molecule has 0 fully saturated rings. The summed E-state index contributed by atoms with van der Waals surface area (Å²) in [6, 6.07) is 14.6. The van der Waals surface area contributed by atoms with Gasteiger partial charge in [0.05, 0.1) is 12.3 Å². The van der Waals surface area contributed by atoms with Crippen LogP contribution in [0.15, 0.2) is 48.5 Å². The summed E-state index contributed by atoms with van der Waals surface area (Å²) < 4.78 is 5.15. The van der Waals surface area contributed by atoms with Crippen molar-refractivity contribution in [2.75, 3.05) is 11.9 Å². The van der Waals surface area contributed by atoms with Gasteiger partial charge < -0.3 is 10.1 Å². The number of nitrogens with one attached hydrogen (secondary N) is 1. The van der Waals surface area contributed by atoms with E-state index in [1.165, 1.54) is 11.3 Å². The molecule has 3 rings (SSSR count). The van der Waals surface area contributed by atoms with Crippen LogP contribution in [0.5, 0.6) is 0 Å². The van der Waals surface area contributed by atoms with Gasteiger partial charge in [-0.3, -0.25) is 0 Å². The first-order valence-corrected chi connectivity index (χ1v) is 9.10. The van der Waals surface area contributed by atoms with Gasteiger partial charge in [-0.15, -0.1) is 0 Å². The lowest BCUT2D eigenvalue weighted by molar-refractivity contribution is 0.0532. The van der Waals surface area contributed by atoms with Gasteiger partial charge in [0.15, 0.2) is 5.13 Å². The van der Waals surface area contributed by atoms with Gasteiger partial charge in [-0.1, -0.05) is 64.9 Å². The first kappa shape index (κ1) is 17.7. The Balaban J connectivity index is 1.99. The molecule has 1 N–H and O–H groups in total. The monoisotopic (exact) mass is 392 g/mol. The molecule has 0 spiro atoms. The van der Waals surface area contributed by atoms with E-state index < -0.39 is 5.97 Å². The lowest BCUT2D eigenvalue weighted by atomic mass is 10.1. The first-order valence-electron chi connectivity index (χ1n) is 7.53. The molecule has 1 aromatic heterocycles. The normalized spacial score (nSPS) is 10.5. The molecule has 0 atom stereocenters. The number of carbonyl (C=O) groups is 1. The Bertz CT molecular complexity index is 877. The summed E-state index contributed by atoms with van der Waals surface area (Å²) in [6.07, 6.45) is 0. The molecule has 0 aliphatic rings.